The first-order valence-corrected chi connectivity index (χ1v) is 9.55. The van der Waals surface area contributed by atoms with Crippen LogP contribution in [0.3, 0.4) is 0 Å². The lowest BCUT2D eigenvalue weighted by molar-refractivity contribution is -0.117. The predicted molar refractivity (Wildman–Crippen MR) is 95.0 cm³/mol. The molecule has 3 saturated carbocycles. The zero-order valence-corrected chi connectivity index (χ0v) is 14.7. The van der Waals surface area contributed by atoms with E-state index < -0.39 is 0 Å². The number of carbonyl (C=O) groups is 1. The molecule has 5 atom stereocenters. The molecule has 0 amide bonds. The number of fused-ring (bicyclic) bond motifs is 5. The first kappa shape index (κ1) is 15.4. The van der Waals surface area contributed by atoms with Gasteiger partial charge in [0.15, 0.2) is 5.78 Å². The van der Waals surface area contributed by atoms with Gasteiger partial charge >= 0.3 is 0 Å². The van der Waals surface area contributed by atoms with Gasteiger partial charge in [0, 0.05) is 6.42 Å². The summed E-state index contributed by atoms with van der Waals surface area (Å²) in [6.07, 6.45) is 16.0. The molecule has 0 heterocycles. The maximum absolute atomic E-state index is 11.9. The van der Waals surface area contributed by atoms with Crippen LogP contribution in [0.1, 0.15) is 65.2 Å². The highest BCUT2D eigenvalue weighted by atomic mass is 16.1. The molecule has 1 nitrogen and oxygen atoms in total. The highest BCUT2D eigenvalue weighted by Gasteiger charge is 2.57. The largest absolute Gasteiger partial charge is 0.295 e. The standard InChI is InChI=1S/C22H30O/c1-4-5-15-7-9-19-18-8-6-16-14-17(23)10-12-22(16,3)20(18)11-13-21(15,19)2/h4-5,14,18-20H,1,6-13H2,2-3H3/b15-5-/t18-,19-,20-,21+,22-/m1/s1. The van der Waals surface area contributed by atoms with Gasteiger partial charge in [0.1, 0.15) is 0 Å². The van der Waals surface area contributed by atoms with Gasteiger partial charge in [-0.05, 0) is 79.6 Å². The quantitative estimate of drug-likeness (QED) is 0.613. The van der Waals surface area contributed by atoms with E-state index in [1.54, 1.807) is 5.57 Å². The van der Waals surface area contributed by atoms with Crippen molar-refractivity contribution in [3.05, 3.63) is 36.0 Å². The minimum Gasteiger partial charge on any atom is -0.295 e. The second kappa shape index (κ2) is 5.19. The molecule has 0 aliphatic heterocycles. The fourth-order valence-corrected chi connectivity index (χ4v) is 6.82. The molecular weight excluding hydrogens is 280 g/mol. The van der Waals surface area contributed by atoms with Crippen LogP contribution in [0.15, 0.2) is 36.0 Å². The number of rotatable bonds is 1. The number of hydrogen-bond acceptors (Lipinski definition) is 1. The third-order valence-electron chi connectivity index (χ3n) is 8.13. The molecule has 0 aromatic rings. The lowest BCUT2D eigenvalue weighted by atomic mass is 9.47. The fourth-order valence-electron chi connectivity index (χ4n) is 6.82. The summed E-state index contributed by atoms with van der Waals surface area (Å²) < 4.78 is 0. The summed E-state index contributed by atoms with van der Waals surface area (Å²) >= 11 is 0. The molecule has 0 aromatic carbocycles. The zero-order valence-electron chi connectivity index (χ0n) is 14.7. The third kappa shape index (κ3) is 2.08. The van der Waals surface area contributed by atoms with Crippen molar-refractivity contribution in [2.75, 3.05) is 0 Å². The van der Waals surface area contributed by atoms with Crippen molar-refractivity contribution in [2.24, 2.45) is 28.6 Å². The molecule has 4 rings (SSSR count). The van der Waals surface area contributed by atoms with Crippen LogP contribution in [0.25, 0.3) is 0 Å². The van der Waals surface area contributed by atoms with Crippen molar-refractivity contribution in [2.45, 2.75) is 65.2 Å². The third-order valence-corrected chi connectivity index (χ3v) is 8.13. The van der Waals surface area contributed by atoms with Crippen LogP contribution in [0.5, 0.6) is 0 Å². The summed E-state index contributed by atoms with van der Waals surface area (Å²) in [4.78, 5) is 11.9. The zero-order chi connectivity index (χ0) is 16.2. The van der Waals surface area contributed by atoms with E-state index in [4.69, 9.17) is 0 Å². The molecule has 0 aromatic heterocycles. The lowest BCUT2D eigenvalue weighted by Crippen LogP contribution is -2.49. The first-order valence-electron chi connectivity index (χ1n) is 9.55. The second-order valence-corrected chi connectivity index (χ2v) is 8.89. The predicted octanol–water partition coefficient (Wildman–Crippen LogP) is 5.63. The van der Waals surface area contributed by atoms with Crippen molar-refractivity contribution in [1.82, 2.24) is 0 Å². The van der Waals surface area contributed by atoms with E-state index in [0.717, 1.165) is 37.0 Å². The summed E-state index contributed by atoms with van der Waals surface area (Å²) in [7, 11) is 0. The SMILES string of the molecule is C=C/C=C1/CC[C@@H]2[C@H]3CCC4=CC(=O)CC[C@@]4(C)[C@@H]3CC[C@@]12C. The summed E-state index contributed by atoms with van der Waals surface area (Å²) in [5.74, 6) is 2.88. The highest BCUT2D eigenvalue weighted by Crippen LogP contribution is 2.66. The molecule has 4 aliphatic rings. The Hall–Kier alpha value is -1.11. The minimum absolute atomic E-state index is 0.309. The average Bonchev–Trinajstić information content (AvgIpc) is 2.85. The van der Waals surface area contributed by atoms with E-state index in [0.29, 0.717) is 16.6 Å². The van der Waals surface area contributed by atoms with E-state index in [9.17, 15) is 4.79 Å². The van der Waals surface area contributed by atoms with E-state index in [1.807, 2.05) is 12.2 Å². The summed E-state index contributed by atoms with van der Waals surface area (Å²) in [6.45, 7) is 8.93. The summed E-state index contributed by atoms with van der Waals surface area (Å²) in [5, 5.41) is 0. The average molecular weight is 310 g/mol. The first-order chi connectivity index (χ1) is 11.0. The Morgan fingerprint density at radius 1 is 1.04 bits per heavy atom. The van der Waals surface area contributed by atoms with Gasteiger partial charge in [-0.1, -0.05) is 43.7 Å². The van der Waals surface area contributed by atoms with Crippen molar-refractivity contribution >= 4 is 5.78 Å². The molecule has 4 aliphatic carbocycles. The van der Waals surface area contributed by atoms with E-state index >= 15 is 0 Å². The van der Waals surface area contributed by atoms with Crippen molar-refractivity contribution in [3.8, 4) is 0 Å². The molecule has 0 N–H and O–H groups in total. The Balaban J connectivity index is 1.68. The fraction of sp³-hybridized carbons (Fsp3) is 0.682. The molecule has 0 radical (unpaired) electrons. The van der Waals surface area contributed by atoms with Crippen molar-refractivity contribution in [1.29, 1.82) is 0 Å². The van der Waals surface area contributed by atoms with Crippen LogP contribution in [-0.2, 0) is 4.79 Å². The van der Waals surface area contributed by atoms with Crippen LogP contribution >= 0.6 is 0 Å². The van der Waals surface area contributed by atoms with E-state index in [1.165, 1.54) is 37.7 Å². The maximum atomic E-state index is 11.9. The van der Waals surface area contributed by atoms with Crippen molar-refractivity contribution in [3.63, 3.8) is 0 Å². The Kier molecular flexibility index (Phi) is 3.48. The Morgan fingerprint density at radius 3 is 2.61 bits per heavy atom. The molecule has 0 unspecified atom stereocenters. The van der Waals surface area contributed by atoms with Crippen molar-refractivity contribution < 1.29 is 4.79 Å². The van der Waals surface area contributed by atoms with Gasteiger partial charge in [0.05, 0.1) is 0 Å². The van der Waals surface area contributed by atoms with Gasteiger partial charge in [0.2, 0.25) is 0 Å². The van der Waals surface area contributed by atoms with Crippen LogP contribution in [0.4, 0.5) is 0 Å². The monoisotopic (exact) mass is 310 g/mol. The van der Waals surface area contributed by atoms with Crippen LogP contribution in [0, 0.1) is 28.6 Å². The van der Waals surface area contributed by atoms with Crippen LogP contribution in [0.2, 0.25) is 0 Å². The second-order valence-electron chi connectivity index (χ2n) is 8.89. The smallest absolute Gasteiger partial charge is 0.155 e. The number of allylic oxidation sites excluding steroid dienone is 4. The number of carbonyl (C=O) groups excluding carboxylic acids is 1. The van der Waals surface area contributed by atoms with Gasteiger partial charge in [-0.25, -0.2) is 0 Å². The van der Waals surface area contributed by atoms with E-state index in [2.05, 4.69) is 26.5 Å². The maximum Gasteiger partial charge on any atom is 0.155 e. The molecule has 1 heteroatoms. The van der Waals surface area contributed by atoms with Gasteiger partial charge in [-0.3, -0.25) is 4.79 Å². The highest BCUT2D eigenvalue weighted by molar-refractivity contribution is 5.91. The normalized spacial score (nSPS) is 47.6. The Bertz CT molecular complexity index is 609. The molecular formula is C22H30O. The topological polar surface area (TPSA) is 17.1 Å². The molecule has 23 heavy (non-hydrogen) atoms. The van der Waals surface area contributed by atoms with Gasteiger partial charge < -0.3 is 0 Å². The molecule has 0 bridgehead atoms. The van der Waals surface area contributed by atoms with E-state index in [-0.39, 0.29) is 0 Å². The minimum atomic E-state index is 0.309. The molecule has 0 saturated heterocycles. The number of ketones is 1. The van der Waals surface area contributed by atoms with Gasteiger partial charge in [-0.15, -0.1) is 0 Å². The number of hydrogen-bond donors (Lipinski definition) is 0. The Morgan fingerprint density at radius 2 is 1.83 bits per heavy atom. The van der Waals surface area contributed by atoms with Gasteiger partial charge in [0.25, 0.3) is 0 Å². The molecule has 0 spiro atoms. The molecule has 124 valence electrons. The lowest BCUT2D eigenvalue weighted by Gasteiger charge is -2.57. The Labute approximate surface area is 140 Å². The summed E-state index contributed by atoms with van der Waals surface area (Å²) in [6, 6.07) is 0. The van der Waals surface area contributed by atoms with Gasteiger partial charge in [-0.2, -0.15) is 0 Å². The van der Waals surface area contributed by atoms with Crippen LogP contribution < -0.4 is 0 Å². The summed E-state index contributed by atoms with van der Waals surface area (Å²) in [5.41, 5.74) is 3.86. The van der Waals surface area contributed by atoms with Crippen LogP contribution in [-0.4, -0.2) is 5.78 Å². The molecule has 3 fully saturated rings.